The van der Waals surface area contributed by atoms with Gasteiger partial charge in [-0.2, -0.15) is 5.10 Å². The Morgan fingerprint density at radius 1 is 1.53 bits per heavy atom. The molecule has 5 heteroatoms. The SMILES string of the molecule is Cn1ccc(C(O)Cc2ccc(Br)s2)n1. The minimum absolute atomic E-state index is 0.517. The summed E-state index contributed by atoms with van der Waals surface area (Å²) in [5, 5.41) is 14.1. The first-order chi connectivity index (χ1) is 7.15. The summed E-state index contributed by atoms with van der Waals surface area (Å²) in [5.41, 5.74) is 0.724. The van der Waals surface area contributed by atoms with E-state index < -0.39 is 6.10 Å². The molecule has 3 nitrogen and oxygen atoms in total. The van der Waals surface area contributed by atoms with E-state index >= 15 is 0 Å². The second-order valence-corrected chi connectivity index (χ2v) is 5.89. The third-order valence-corrected chi connectivity index (χ3v) is 3.75. The molecule has 2 rings (SSSR count). The second-order valence-electron chi connectivity index (χ2n) is 3.34. The fraction of sp³-hybridized carbons (Fsp3) is 0.300. The van der Waals surface area contributed by atoms with E-state index in [9.17, 15) is 5.11 Å². The summed E-state index contributed by atoms with van der Waals surface area (Å²) >= 11 is 5.04. The van der Waals surface area contributed by atoms with Crippen LogP contribution in [0.2, 0.25) is 0 Å². The summed E-state index contributed by atoms with van der Waals surface area (Å²) in [7, 11) is 1.85. The average Bonchev–Trinajstić information content (AvgIpc) is 2.75. The minimum Gasteiger partial charge on any atom is -0.386 e. The molecule has 0 radical (unpaired) electrons. The van der Waals surface area contributed by atoms with Crippen LogP contribution in [0, 0.1) is 0 Å². The lowest BCUT2D eigenvalue weighted by molar-refractivity contribution is 0.173. The normalized spacial score (nSPS) is 13.0. The van der Waals surface area contributed by atoms with Crippen molar-refractivity contribution < 1.29 is 5.11 Å². The molecular formula is C10H11BrN2OS. The lowest BCUT2D eigenvalue weighted by atomic mass is 10.2. The van der Waals surface area contributed by atoms with E-state index in [0.717, 1.165) is 14.4 Å². The van der Waals surface area contributed by atoms with Gasteiger partial charge >= 0.3 is 0 Å². The molecule has 0 amide bonds. The zero-order chi connectivity index (χ0) is 10.8. The first kappa shape index (κ1) is 10.9. The van der Waals surface area contributed by atoms with Crippen molar-refractivity contribution in [1.82, 2.24) is 9.78 Å². The Labute approximate surface area is 100 Å². The van der Waals surface area contributed by atoms with Crippen LogP contribution in [0.4, 0.5) is 0 Å². The number of hydrogen-bond acceptors (Lipinski definition) is 3. The van der Waals surface area contributed by atoms with Crippen molar-refractivity contribution >= 4 is 27.3 Å². The molecule has 0 aliphatic carbocycles. The topological polar surface area (TPSA) is 38.0 Å². The summed E-state index contributed by atoms with van der Waals surface area (Å²) in [6.07, 6.45) is 1.94. The van der Waals surface area contributed by atoms with Gasteiger partial charge in [-0.25, -0.2) is 0 Å². The van der Waals surface area contributed by atoms with Gasteiger partial charge in [0.15, 0.2) is 0 Å². The van der Waals surface area contributed by atoms with Gasteiger partial charge < -0.3 is 5.11 Å². The van der Waals surface area contributed by atoms with E-state index in [2.05, 4.69) is 21.0 Å². The van der Waals surface area contributed by atoms with Crippen molar-refractivity contribution in [2.24, 2.45) is 7.05 Å². The third-order valence-electron chi connectivity index (χ3n) is 2.10. The van der Waals surface area contributed by atoms with Crippen molar-refractivity contribution in [3.8, 4) is 0 Å². The molecule has 0 saturated carbocycles. The summed E-state index contributed by atoms with van der Waals surface area (Å²) in [4.78, 5) is 1.15. The van der Waals surface area contributed by atoms with Gasteiger partial charge in [0.05, 0.1) is 9.48 Å². The maximum Gasteiger partial charge on any atom is 0.103 e. The highest BCUT2D eigenvalue weighted by Crippen LogP contribution is 2.26. The van der Waals surface area contributed by atoms with Crippen molar-refractivity contribution in [3.63, 3.8) is 0 Å². The van der Waals surface area contributed by atoms with Gasteiger partial charge in [0.2, 0.25) is 0 Å². The van der Waals surface area contributed by atoms with Crippen LogP contribution < -0.4 is 0 Å². The van der Waals surface area contributed by atoms with Gasteiger partial charge in [-0.3, -0.25) is 4.68 Å². The number of aliphatic hydroxyl groups is 1. The highest BCUT2D eigenvalue weighted by molar-refractivity contribution is 9.11. The molecule has 2 heterocycles. The number of aliphatic hydroxyl groups excluding tert-OH is 1. The molecule has 0 spiro atoms. The van der Waals surface area contributed by atoms with E-state index in [4.69, 9.17) is 0 Å². The van der Waals surface area contributed by atoms with Gasteiger partial charge in [0, 0.05) is 24.5 Å². The van der Waals surface area contributed by atoms with Gasteiger partial charge in [-0.1, -0.05) is 0 Å². The van der Waals surface area contributed by atoms with Crippen LogP contribution in [-0.2, 0) is 13.5 Å². The number of aryl methyl sites for hydroxylation is 1. The fourth-order valence-electron chi connectivity index (χ4n) is 1.37. The molecule has 1 unspecified atom stereocenters. The Morgan fingerprint density at radius 2 is 2.33 bits per heavy atom. The van der Waals surface area contributed by atoms with E-state index in [1.165, 1.54) is 0 Å². The van der Waals surface area contributed by atoms with Gasteiger partial charge in [0.25, 0.3) is 0 Å². The molecule has 80 valence electrons. The molecular weight excluding hydrogens is 276 g/mol. The van der Waals surface area contributed by atoms with Crippen LogP contribution >= 0.6 is 27.3 Å². The van der Waals surface area contributed by atoms with Crippen LogP contribution in [0.1, 0.15) is 16.7 Å². The molecule has 2 aromatic rings. The Morgan fingerprint density at radius 3 is 2.87 bits per heavy atom. The molecule has 15 heavy (non-hydrogen) atoms. The van der Waals surface area contributed by atoms with Crippen LogP contribution in [0.15, 0.2) is 28.2 Å². The number of nitrogens with zero attached hydrogens (tertiary/aromatic N) is 2. The molecule has 0 fully saturated rings. The Balaban J connectivity index is 2.06. The number of halogens is 1. The predicted molar refractivity (Wildman–Crippen MR) is 63.9 cm³/mol. The highest BCUT2D eigenvalue weighted by atomic mass is 79.9. The van der Waals surface area contributed by atoms with Gasteiger partial charge in [-0.05, 0) is 34.1 Å². The summed E-state index contributed by atoms with van der Waals surface area (Å²) in [6, 6.07) is 5.85. The van der Waals surface area contributed by atoms with Crippen LogP contribution in [0.3, 0.4) is 0 Å². The molecule has 0 saturated heterocycles. The number of thiophene rings is 1. The number of rotatable bonds is 3. The predicted octanol–water partition coefficient (Wildman–Crippen LogP) is 2.52. The molecule has 2 aromatic heterocycles. The molecule has 0 aliphatic rings. The molecule has 0 aromatic carbocycles. The average molecular weight is 287 g/mol. The van der Waals surface area contributed by atoms with Crippen LogP contribution in [0.5, 0.6) is 0 Å². The standard InChI is InChI=1S/C10H11BrN2OS/c1-13-5-4-8(12-13)9(14)6-7-2-3-10(11)15-7/h2-5,9,14H,6H2,1H3. The quantitative estimate of drug-likeness (QED) is 0.942. The monoisotopic (exact) mass is 286 g/mol. The maximum atomic E-state index is 9.91. The van der Waals surface area contributed by atoms with Crippen molar-refractivity contribution in [3.05, 3.63) is 38.8 Å². The zero-order valence-corrected chi connectivity index (χ0v) is 10.6. The van der Waals surface area contributed by atoms with E-state index in [0.29, 0.717) is 6.42 Å². The number of aromatic nitrogens is 2. The van der Waals surface area contributed by atoms with Crippen molar-refractivity contribution in [2.75, 3.05) is 0 Å². The first-order valence-corrected chi connectivity index (χ1v) is 6.18. The Bertz CT molecular complexity index is 452. The van der Waals surface area contributed by atoms with Crippen molar-refractivity contribution in [1.29, 1.82) is 0 Å². The Hall–Kier alpha value is -0.650. The molecule has 0 aliphatic heterocycles. The third kappa shape index (κ3) is 2.68. The molecule has 1 N–H and O–H groups in total. The van der Waals surface area contributed by atoms with Crippen LogP contribution in [0.25, 0.3) is 0 Å². The lowest BCUT2D eigenvalue weighted by Crippen LogP contribution is -2.02. The van der Waals surface area contributed by atoms with E-state index in [1.54, 1.807) is 16.0 Å². The van der Waals surface area contributed by atoms with Crippen LogP contribution in [-0.4, -0.2) is 14.9 Å². The molecule has 1 atom stereocenters. The highest BCUT2D eigenvalue weighted by Gasteiger charge is 2.12. The smallest absolute Gasteiger partial charge is 0.103 e. The van der Waals surface area contributed by atoms with Crippen molar-refractivity contribution in [2.45, 2.75) is 12.5 Å². The minimum atomic E-state index is -0.517. The maximum absolute atomic E-state index is 9.91. The molecule has 0 bridgehead atoms. The Kier molecular flexibility index (Phi) is 3.23. The van der Waals surface area contributed by atoms with E-state index in [1.807, 2.05) is 31.4 Å². The summed E-state index contributed by atoms with van der Waals surface area (Å²) in [5.74, 6) is 0. The second kappa shape index (κ2) is 4.47. The zero-order valence-electron chi connectivity index (χ0n) is 8.22. The fourth-order valence-corrected chi connectivity index (χ4v) is 2.89. The largest absolute Gasteiger partial charge is 0.386 e. The van der Waals surface area contributed by atoms with Gasteiger partial charge in [0.1, 0.15) is 6.10 Å². The summed E-state index contributed by atoms with van der Waals surface area (Å²) in [6.45, 7) is 0. The van der Waals surface area contributed by atoms with Gasteiger partial charge in [-0.15, -0.1) is 11.3 Å². The van der Waals surface area contributed by atoms with E-state index in [-0.39, 0.29) is 0 Å². The number of hydrogen-bond donors (Lipinski definition) is 1. The summed E-state index contributed by atoms with van der Waals surface area (Å²) < 4.78 is 2.79. The first-order valence-electron chi connectivity index (χ1n) is 4.57. The lowest BCUT2D eigenvalue weighted by Gasteiger charge is -2.05.